The van der Waals surface area contributed by atoms with Gasteiger partial charge in [-0.1, -0.05) is 26.0 Å². The average Bonchev–Trinajstić information content (AvgIpc) is 2.61. The van der Waals surface area contributed by atoms with Gasteiger partial charge in [-0.15, -0.1) is 0 Å². The second-order valence-electron chi connectivity index (χ2n) is 7.54. The molecule has 0 bridgehead atoms. The minimum Gasteiger partial charge on any atom is -0.508 e. The Kier molecular flexibility index (Phi) is 4.34. The van der Waals surface area contributed by atoms with E-state index in [4.69, 9.17) is 9.15 Å². The third-order valence-electron chi connectivity index (χ3n) is 5.01. The predicted octanol–water partition coefficient (Wildman–Crippen LogP) is 4.31. The second-order valence-corrected chi connectivity index (χ2v) is 7.54. The van der Waals surface area contributed by atoms with E-state index in [1.54, 1.807) is 12.1 Å². The van der Waals surface area contributed by atoms with E-state index in [0.29, 0.717) is 17.0 Å². The van der Waals surface area contributed by atoms with Crippen molar-refractivity contribution < 1.29 is 24.2 Å². The topological polar surface area (TPSA) is 97.0 Å². The summed E-state index contributed by atoms with van der Waals surface area (Å²) in [6.45, 7) is 4.11. The largest absolute Gasteiger partial charge is 0.508 e. The first-order valence-corrected chi connectivity index (χ1v) is 9.16. The molecule has 1 aromatic heterocycles. The van der Waals surface area contributed by atoms with Gasteiger partial charge >= 0.3 is 5.97 Å². The van der Waals surface area contributed by atoms with Gasteiger partial charge in [0.2, 0.25) is 5.43 Å². The summed E-state index contributed by atoms with van der Waals surface area (Å²) >= 11 is 0. The summed E-state index contributed by atoms with van der Waals surface area (Å²) in [5, 5.41) is 20.0. The Morgan fingerprint density at radius 1 is 1.14 bits per heavy atom. The van der Waals surface area contributed by atoms with Gasteiger partial charge in [-0.3, -0.25) is 9.59 Å². The maximum atomic E-state index is 13.1. The summed E-state index contributed by atoms with van der Waals surface area (Å²) in [5.41, 5.74) is 1.36. The first-order chi connectivity index (χ1) is 13.3. The number of phenols is 2. The Bertz CT molecular complexity index is 1120. The molecule has 0 radical (unpaired) electrons. The Hall–Kier alpha value is -3.28. The molecule has 1 atom stereocenters. The number of hydrogen-bond acceptors (Lipinski definition) is 6. The SMILES string of the molecule is CC(C)CC1CC(=O)Oc2cc(O)c3c(=O)c(-c4ccc(O)cc4)coc3c21. The van der Waals surface area contributed by atoms with E-state index >= 15 is 0 Å². The summed E-state index contributed by atoms with van der Waals surface area (Å²) in [6.07, 6.45) is 2.28. The maximum absolute atomic E-state index is 13.1. The molecule has 2 aromatic carbocycles. The Morgan fingerprint density at radius 2 is 1.86 bits per heavy atom. The number of ether oxygens (including phenoxy) is 1. The lowest BCUT2D eigenvalue weighted by Crippen LogP contribution is -2.22. The highest BCUT2D eigenvalue weighted by Crippen LogP contribution is 2.45. The van der Waals surface area contributed by atoms with Crippen molar-refractivity contribution in [2.75, 3.05) is 0 Å². The van der Waals surface area contributed by atoms with Crippen LogP contribution in [0.2, 0.25) is 0 Å². The maximum Gasteiger partial charge on any atom is 0.311 e. The van der Waals surface area contributed by atoms with Crippen LogP contribution in [-0.2, 0) is 4.79 Å². The fourth-order valence-corrected chi connectivity index (χ4v) is 3.83. The summed E-state index contributed by atoms with van der Waals surface area (Å²) < 4.78 is 11.1. The average molecular weight is 380 g/mol. The van der Waals surface area contributed by atoms with Crippen LogP contribution in [0.25, 0.3) is 22.1 Å². The molecule has 0 saturated carbocycles. The quantitative estimate of drug-likeness (QED) is 0.519. The zero-order chi connectivity index (χ0) is 20.0. The molecular weight excluding hydrogens is 360 g/mol. The van der Waals surface area contributed by atoms with Crippen LogP contribution in [0, 0.1) is 5.92 Å². The lowest BCUT2D eigenvalue weighted by molar-refractivity contribution is -0.136. The molecule has 0 fully saturated rings. The van der Waals surface area contributed by atoms with E-state index < -0.39 is 0 Å². The summed E-state index contributed by atoms with van der Waals surface area (Å²) in [4.78, 5) is 25.1. The number of esters is 1. The highest BCUT2D eigenvalue weighted by molar-refractivity contribution is 5.93. The zero-order valence-electron chi connectivity index (χ0n) is 15.6. The number of rotatable bonds is 3. The van der Waals surface area contributed by atoms with Crippen LogP contribution in [0.1, 0.15) is 38.2 Å². The van der Waals surface area contributed by atoms with Crippen LogP contribution in [0.4, 0.5) is 0 Å². The smallest absolute Gasteiger partial charge is 0.311 e. The minimum atomic E-state index is -0.382. The molecule has 0 aliphatic carbocycles. The number of hydrogen-bond donors (Lipinski definition) is 2. The monoisotopic (exact) mass is 380 g/mol. The van der Waals surface area contributed by atoms with Gasteiger partial charge in [-0.25, -0.2) is 0 Å². The van der Waals surface area contributed by atoms with Gasteiger partial charge in [0.1, 0.15) is 34.5 Å². The highest BCUT2D eigenvalue weighted by atomic mass is 16.5. The van der Waals surface area contributed by atoms with E-state index in [-0.39, 0.29) is 57.5 Å². The number of aromatic hydroxyl groups is 2. The molecule has 2 N–H and O–H groups in total. The Labute approximate surface area is 161 Å². The normalized spacial score (nSPS) is 16.2. The molecule has 6 heteroatoms. The fourth-order valence-electron chi connectivity index (χ4n) is 3.83. The molecule has 28 heavy (non-hydrogen) atoms. The van der Waals surface area contributed by atoms with Gasteiger partial charge < -0.3 is 19.4 Å². The molecule has 0 amide bonds. The van der Waals surface area contributed by atoms with Gasteiger partial charge in [0.25, 0.3) is 0 Å². The van der Waals surface area contributed by atoms with Gasteiger partial charge in [0.05, 0.1) is 12.0 Å². The summed E-state index contributed by atoms with van der Waals surface area (Å²) in [5.74, 6) is -0.143. The standard InChI is InChI=1S/C22H20O6/c1-11(2)7-13-8-18(25)28-17-9-16(24)20-21(26)15(10-27-22(20)19(13)17)12-3-5-14(23)6-4-12/h3-6,9-11,13,23-24H,7-8H2,1-2H3. The third kappa shape index (κ3) is 3.01. The molecule has 0 saturated heterocycles. The summed E-state index contributed by atoms with van der Waals surface area (Å²) in [7, 11) is 0. The fraction of sp³-hybridized carbons (Fsp3) is 0.273. The molecule has 1 unspecified atom stereocenters. The molecule has 1 aliphatic rings. The van der Waals surface area contributed by atoms with Crippen molar-refractivity contribution in [3.63, 3.8) is 0 Å². The number of carbonyl (C=O) groups is 1. The molecule has 3 aromatic rings. The van der Waals surface area contributed by atoms with Crippen molar-refractivity contribution in [2.24, 2.45) is 5.92 Å². The van der Waals surface area contributed by atoms with Crippen LogP contribution < -0.4 is 10.2 Å². The molecular formula is C22H20O6. The van der Waals surface area contributed by atoms with E-state index in [1.807, 2.05) is 0 Å². The zero-order valence-corrected chi connectivity index (χ0v) is 15.6. The van der Waals surface area contributed by atoms with Crippen LogP contribution in [0.15, 0.2) is 45.8 Å². The molecule has 144 valence electrons. The van der Waals surface area contributed by atoms with Crippen LogP contribution in [-0.4, -0.2) is 16.2 Å². The van der Waals surface area contributed by atoms with Gasteiger partial charge in [0.15, 0.2) is 0 Å². The predicted molar refractivity (Wildman–Crippen MR) is 104 cm³/mol. The van der Waals surface area contributed by atoms with Crippen LogP contribution in [0.5, 0.6) is 17.2 Å². The third-order valence-corrected chi connectivity index (χ3v) is 5.01. The van der Waals surface area contributed by atoms with Gasteiger partial charge in [-0.05, 0) is 30.0 Å². The van der Waals surface area contributed by atoms with Gasteiger partial charge in [-0.2, -0.15) is 0 Å². The van der Waals surface area contributed by atoms with Crippen LogP contribution in [0.3, 0.4) is 0 Å². The molecule has 1 aliphatic heterocycles. The van der Waals surface area contributed by atoms with E-state index in [1.165, 1.54) is 24.5 Å². The minimum absolute atomic E-state index is 0.0658. The van der Waals surface area contributed by atoms with Crippen molar-refractivity contribution >= 4 is 16.9 Å². The Balaban J connectivity index is 1.97. The first-order valence-electron chi connectivity index (χ1n) is 9.16. The highest BCUT2D eigenvalue weighted by Gasteiger charge is 2.32. The number of phenolic OH excluding ortho intramolecular Hbond substituents is 2. The van der Waals surface area contributed by atoms with Crippen molar-refractivity contribution in [3.8, 4) is 28.4 Å². The van der Waals surface area contributed by atoms with Crippen molar-refractivity contribution in [2.45, 2.75) is 32.6 Å². The number of carbonyl (C=O) groups excluding carboxylic acids is 1. The lowest BCUT2D eigenvalue weighted by atomic mass is 9.84. The van der Waals surface area contributed by atoms with Crippen molar-refractivity contribution in [3.05, 3.63) is 52.4 Å². The van der Waals surface area contributed by atoms with Crippen LogP contribution >= 0.6 is 0 Å². The van der Waals surface area contributed by atoms with E-state index in [0.717, 1.165) is 6.42 Å². The molecule has 6 nitrogen and oxygen atoms in total. The molecule has 0 spiro atoms. The van der Waals surface area contributed by atoms with Crippen molar-refractivity contribution in [1.29, 1.82) is 0 Å². The number of fused-ring (bicyclic) bond motifs is 3. The second kappa shape index (κ2) is 6.71. The van der Waals surface area contributed by atoms with Crippen molar-refractivity contribution in [1.82, 2.24) is 0 Å². The summed E-state index contributed by atoms with van der Waals surface area (Å²) in [6, 6.07) is 7.48. The van der Waals surface area contributed by atoms with E-state index in [2.05, 4.69) is 13.8 Å². The lowest BCUT2D eigenvalue weighted by Gasteiger charge is -2.26. The molecule has 2 heterocycles. The van der Waals surface area contributed by atoms with E-state index in [9.17, 15) is 19.8 Å². The first kappa shape index (κ1) is 18.1. The Morgan fingerprint density at radius 3 is 2.54 bits per heavy atom. The molecule has 4 rings (SSSR count). The van der Waals surface area contributed by atoms with Gasteiger partial charge in [0, 0.05) is 17.5 Å². The number of benzene rings is 2.